The number of nitrogens with zero attached hydrogens (tertiary/aromatic N) is 3. The van der Waals surface area contributed by atoms with Gasteiger partial charge in [0.2, 0.25) is 0 Å². The van der Waals surface area contributed by atoms with Gasteiger partial charge < -0.3 is 4.74 Å². The molecule has 0 radical (unpaired) electrons. The lowest BCUT2D eigenvalue weighted by Gasteiger charge is -2.19. The number of hydrogen-bond donors (Lipinski definition) is 0. The van der Waals surface area contributed by atoms with Crippen LogP contribution in [0.5, 0.6) is 0 Å². The van der Waals surface area contributed by atoms with E-state index in [4.69, 9.17) is 4.74 Å². The largest absolute Gasteiger partial charge is 0.374 e. The quantitative estimate of drug-likeness (QED) is 0.673. The van der Waals surface area contributed by atoms with E-state index >= 15 is 0 Å². The molecule has 0 aliphatic carbocycles. The molecular formula is C9H15N3O2. The molecule has 0 saturated carbocycles. The monoisotopic (exact) mass is 197 g/mol. The van der Waals surface area contributed by atoms with Crippen molar-refractivity contribution in [2.45, 2.75) is 32.9 Å². The summed E-state index contributed by atoms with van der Waals surface area (Å²) < 4.78 is 7.09. The summed E-state index contributed by atoms with van der Waals surface area (Å²) in [5.74, 6) is 0. The Morgan fingerprint density at radius 2 is 2.29 bits per heavy atom. The van der Waals surface area contributed by atoms with Gasteiger partial charge in [0.05, 0.1) is 24.9 Å². The van der Waals surface area contributed by atoms with Crippen molar-refractivity contribution in [3.8, 4) is 0 Å². The molecule has 0 aromatic carbocycles. The van der Waals surface area contributed by atoms with Crippen LogP contribution in [0.25, 0.3) is 0 Å². The Morgan fingerprint density at radius 1 is 1.57 bits per heavy atom. The second-order valence-electron chi connectivity index (χ2n) is 3.99. The summed E-state index contributed by atoms with van der Waals surface area (Å²) in [6.45, 7) is 7.14. The van der Waals surface area contributed by atoms with Gasteiger partial charge in [0.1, 0.15) is 5.69 Å². The van der Waals surface area contributed by atoms with Gasteiger partial charge in [0.25, 0.3) is 0 Å². The molecule has 0 amide bonds. The second-order valence-corrected chi connectivity index (χ2v) is 3.99. The van der Waals surface area contributed by atoms with Crippen LogP contribution in [-0.2, 0) is 11.3 Å². The van der Waals surface area contributed by atoms with Crippen LogP contribution in [0.3, 0.4) is 0 Å². The molecule has 1 heterocycles. The molecule has 0 aliphatic rings. The fourth-order valence-electron chi connectivity index (χ4n) is 0.922. The van der Waals surface area contributed by atoms with E-state index in [0.717, 1.165) is 0 Å². The summed E-state index contributed by atoms with van der Waals surface area (Å²) in [7, 11) is 0. The number of carbonyl (C=O) groups is 1. The molecule has 1 aromatic rings. The van der Waals surface area contributed by atoms with E-state index in [2.05, 4.69) is 10.3 Å². The lowest BCUT2D eigenvalue weighted by Crippen LogP contribution is -2.22. The van der Waals surface area contributed by atoms with Crippen molar-refractivity contribution in [2.24, 2.45) is 0 Å². The van der Waals surface area contributed by atoms with Crippen molar-refractivity contribution >= 4 is 6.29 Å². The Balaban J connectivity index is 2.35. The van der Waals surface area contributed by atoms with Crippen LogP contribution in [0.15, 0.2) is 6.20 Å². The highest BCUT2D eigenvalue weighted by atomic mass is 16.5. The maximum Gasteiger partial charge on any atom is 0.171 e. The Labute approximate surface area is 83.1 Å². The predicted octanol–water partition coefficient (Wildman–Crippen LogP) is 0.906. The average Bonchev–Trinajstić information content (AvgIpc) is 2.50. The van der Waals surface area contributed by atoms with Gasteiger partial charge in [0, 0.05) is 0 Å². The van der Waals surface area contributed by atoms with E-state index in [1.165, 1.54) is 0 Å². The van der Waals surface area contributed by atoms with Gasteiger partial charge in [-0.2, -0.15) is 0 Å². The van der Waals surface area contributed by atoms with Gasteiger partial charge in [-0.25, -0.2) is 4.68 Å². The fourth-order valence-corrected chi connectivity index (χ4v) is 0.922. The molecule has 0 fully saturated rings. The number of carbonyl (C=O) groups excluding carboxylic acids is 1. The average molecular weight is 197 g/mol. The number of aromatic nitrogens is 3. The molecule has 5 nitrogen and oxygen atoms in total. The number of ether oxygens (including phenoxy) is 1. The number of aldehydes is 1. The molecular weight excluding hydrogens is 182 g/mol. The summed E-state index contributed by atoms with van der Waals surface area (Å²) in [5, 5.41) is 7.40. The molecule has 0 N–H and O–H groups in total. The summed E-state index contributed by atoms with van der Waals surface area (Å²) in [4.78, 5) is 10.3. The minimum absolute atomic E-state index is 0.145. The van der Waals surface area contributed by atoms with Gasteiger partial charge in [-0.3, -0.25) is 4.79 Å². The van der Waals surface area contributed by atoms with Crippen LogP contribution in [-0.4, -0.2) is 33.5 Å². The summed E-state index contributed by atoms with van der Waals surface area (Å²) in [5.41, 5.74) is 0.203. The van der Waals surface area contributed by atoms with Crippen molar-refractivity contribution < 1.29 is 9.53 Å². The van der Waals surface area contributed by atoms with Crippen LogP contribution in [0.4, 0.5) is 0 Å². The Bertz CT molecular complexity index is 301. The van der Waals surface area contributed by atoms with Crippen LogP contribution in [0.2, 0.25) is 0 Å². The third-order valence-corrected chi connectivity index (χ3v) is 1.53. The Morgan fingerprint density at radius 3 is 2.79 bits per heavy atom. The van der Waals surface area contributed by atoms with Crippen molar-refractivity contribution in [1.29, 1.82) is 0 Å². The first-order chi connectivity index (χ1) is 6.51. The zero-order valence-corrected chi connectivity index (χ0v) is 8.73. The lowest BCUT2D eigenvalue weighted by molar-refractivity contribution is -0.00806. The maximum absolute atomic E-state index is 10.3. The maximum atomic E-state index is 10.3. The molecule has 1 aromatic heterocycles. The topological polar surface area (TPSA) is 57.0 Å². The van der Waals surface area contributed by atoms with Crippen LogP contribution < -0.4 is 0 Å². The van der Waals surface area contributed by atoms with E-state index < -0.39 is 0 Å². The van der Waals surface area contributed by atoms with E-state index in [0.29, 0.717) is 25.1 Å². The minimum Gasteiger partial charge on any atom is -0.374 e. The first kappa shape index (κ1) is 10.8. The highest BCUT2D eigenvalue weighted by Gasteiger charge is 2.09. The highest BCUT2D eigenvalue weighted by molar-refractivity contribution is 5.70. The van der Waals surface area contributed by atoms with Gasteiger partial charge >= 0.3 is 0 Å². The normalized spacial score (nSPS) is 11.6. The molecule has 14 heavy (non-hydrogen) atoms. The molecule has 5 heteroatoms. The van der Waals surface area contributed by atoms with Crippen LogP contribution >= 0.6 is 0 Å². The summed E-state index contributed by atoms with van der Waals surface area (Å²) in [6.07, 6.45) is 2.27. The van der Waals surface area contributed by atoms with Crippen LogP contribution in [0, 0.1) is 0 Å². The molecule has 0 saturated heterocycles. The third kappa shape index (κ3) is 3.66. The SMILES string of the molecule is CC(C)(C)OCCn1cc(C=O)nn1. The van der Waals surface area contributed by atoms with E-state index in [1.54, 1.807) is 10.9 Å². The standard InChI is InChI=1S/C9H15N3O2/c1-9(2,3)14-5-4-12-6-8(7-13)10-11-12/h6-7H,4-5H2,1-3H3. The lowest BCUT2D eigenvalue weighted by atomic mass is 10.2. The number of hydrogen-bond acceptors (Lipinski definition) is 4. The first-order valence-electron chi connectivity index (χ1n) is 4.50. The van der Waals surface area contributed by atoms with Crippen molar-refractivity contribution in [2.75, 3.05) is 6.61 Å². The van der Waals surface area contributed by atoms with E-state index in [9.17, 15) is 4.79 Å². The molecule has 0 aliphatic heterocycles. The molecule has 1 rings (SSSR count). The molecule has 0 bridgehead atoms. The van der Waals surface area contributed by atoms with Crippen LogP contribution in [0.1, 0.15) is 31.3 Å². The minimum atomic E-state index is -0.145. The molecule has 0 spiro atoms. The van der Waals surface area contributed by atoms with Gasteiger partial charge in [0.15, 0.2) is 6.29 Å². The zero-order valence-electron chi connectivity index (χ0n) is 8.73. The molecule has 78 valence electrons. The molecule has 0 unspecified atom stereocenters. The second kappa shape index (κ2) is 4.32. The third-order valence-electron chi connectivity index (χ3n) is 1.53. The van der Waals surface area contributed by atoms with Crippen molar-refractivity contribution in [1.82, 2.24) is 15.0 Å². The zero-order chi connectivity index (χ0) is 10.6. The fraction of sp³-hybridized carbons (Fsp3) is 0.667. The first-order valence-corrected chi connectivity index (χ1v) is 4.50. The Kier molecular flexibility index (Phi) is 3.35. The van der Waals surface area contributed by atoms with Crippen molar-refractivity contribution in [3.05, 3.63) is 11.9 Å². The van der Waals surface area contributed by atoms with E-state index in [1.807, 2.05) is 20.8 Å². The molecule has 0 atom stereocenters. The summed E-state index contributed by atoms with van der Waals surface area (Å²) in [6, 6.07) is 0. The Hall–Kier alpha value is -1.23. The smallest absolute Gasteiger partial charge is 0.171 e. The van der Waals surface area contributed by atoms with Gasteiger partial charge in [-0.1, -0.05) is 5.21 Å². The van der Waals surface area contributed by atoms with Gasteiger partial charge in [-0.15, -0.1) is 5.10 Å². The van der Waals surface area contributed by atoms with Crippen molar-refractivity contribution in [3.63, 3.8) is 0 Å². The summed E-state index contributed by atoms with van der Waals surface area (Å²) >= 11 is 0. The predicted molar refractivity (Wildman–Crippen MR) is 51.1 cm³/mol. The highest BCUT2D eigenvalue weighted by Crippen LogP contribution is 2.06. The van der Waals surface area contributed by atoms with Gasteiger partial charge in [-0.05, 0) is 20.8 Å². The van der Waals surface area contributed by atoms with E-state index in [-0.39, 0.29) is 5.60 Å². The number of rotatable bonds is 4.